The Hall–Kier alpha value is -1.42. The van der Waals surface area contributed by atoms with Gasteiger partial charge in [-0.3, -0.25) is 0 Å². The normalized spacial score (nSPS) is 10.0. The van der Waals surface area contributed by atoms with E-state index >= 15 is 0 Å². The second-order valence-electron chi connectivity index (χ2n) is 2.87. The van der Waals surface area contributed by atoms with Crippen LogP contribution >= 0.6 is 11.3 Å². The molecule has 0 saturated heterocycles. The lowest BCUT2D eigenvalue weighted by Gasteiger charge is -2.02. The molecule has 0 aliphatic rings. The van der Waals surface area contributed by atoms with Gasteiger partial charge in [0, 0.05) is 17.6 Å². The van der Waals surface area contributed by atoms with Crippen molar-refractivity contribution in [2.45, 2.75) is 6.42 Å². The van der Waals surface area contributed by atoms with Crippen molar-refractivity contribution < 1.29 is 0 Å². The molecular formula is C10H11N3S. The largest absolute Gasteiger partial charge is 0.368 e. The van der Waals surface area contributed by atoms with E-state index in [-0.39, 0.29) is 0 Å². The SMILES string of the molecule is c1cnnc(NCCc2cccs2)c1. The zero-order valence-electron chi connectivity index (χ0n) is 7.68. The average Bonchev–Trinajstić information content (AvgIpc) is 2.72. The highest BCUT2D eigenvalue weighted by Gasteiger charge is 1.94. The Morgan fingerprint density at radius 2 is 2.29 bits per heavy atom. The topological polar surface area (TPSA) is 37.8 Å². The molecule has 0 aromatic carbocycles. The monoisotopic (exact) mass is 205 g/mol. The molecule has 4 heteroatoms. The van der Waals surface area contributed by atoms with Gasteiger partial charge in [0.25, 0.3) is 0 Å². The third-order valence-electron chi connectivity index (χ3n) is 1.83. The van der Waals surface area contributed by atoms with Gasteiger partial charge in [-0.15, -0.1) is 16.4 Å². The molecule has 0 aliphatic heterocycles. The standard InChI is InChI=1S/C10H11N3S/c1-4-10(13-12-6-1)11-7-5-9-3-2-8-14-9/h1-4,6,8H,5,7H2,(H,11,13). The van der Waals surface area contributed by atoms with Gasteiger partial charge in [-0.2, -0.15) is 5.10 Å². The summed E-state index contributed by atoms with van der Waals surface area (Å²) in [5.74, 6) is 0.837. The van der Waals surface area contributed by atoms with Crippen LogP contribution in [-0.4, -0.2) is 16.7 Å². The van der Waals surface area contributed by atoms with Crippen LogP contribution in [0.1, 0.15) is 4.88 Å². The van der Waals surface area contributed by atoms with Crippen LogP contribution in [-0.2, 0) is 6.42 Å². The van der Waals surface area contributed by atoms with Gasteiger partial charge in [-0.25, -0.2) is 0 Å². The minimum Gasteiger partial charge on any atom is -0.368 e. The fourth-order valence-corrected chi connectivity index (χ4v) is 1.87. The van der Waals surface area contributed by atoms with Gasteiger partial charge in [-0.1, -0.05) is 6.07 Å². The van der Waals surface area contributed by atoms with Crippen LogP contribution in [0.5, 0.6) is 0 Å². The highest BCUT2D eigenvalue weighted by Crippen LogP contribution is 2.09. The lowest BCUT2D eigenvalue weighted by Crippen LogP contribution is -2.05. The molecule has 1 N–H and O–H groups in total. The number of anilines is 1. The molecule has 0 spiro atoms. The first-order valence-corrected chi connectivity index (χ1v) is 5.37. The summed E-state index contributed by atoms with van der Waals surface area (Å²) in [7, 11) is 0. The van der Waals surface area contributed by atoms with Gasteiger partial charge < -0.3 is 5.32 Å². The molecule has 0 aliphatic carbocycles. The van der Waals surface area contributed by atoms with E-state index in [0.717, 1.165) is 18.8 Å². The highest BCUT2D eigenvalue weighted by atomic mass is 32.1. The summed E-state index contributed by atoms with van der Waals surface area (Å²) in [5, 5.41) is 13.0. The number of thiophene rings is 1. The van der Waals surface area contributed by atoms with Gasteiger partial charge in [0.15, 0.2) is 0 Å². The zero-order chi connectivity index (χ0) is 9.64. The van der Waals surface area contributed by atoms with E-state index in [1.54, 1.807) is 17.5 Å². The fraction of sp³-hybridized carbons (Fsp3) is 0.200. The third-order valence-corrected chi connectivity index (χ3v) is 2.77. The quantitative estimate of drug-likeness (QED) is 0.831. The van der Waals surface area contributed by atoms with Crippen molar-refractivity contribution in [3.8, 4) is 0 Å². The van der Waals surface area contributed by atoms with Crippen LogP contribution in [0.4, 0.5) is 5.82 Å². The summed E-state index contributed by atoms with van der Waals surface area (Å²) in [6, 6.07) is 8.01. The van der Waals surface area contributed by atoms with E-state index in [0.29, 0.717) is 0 Å². The molecule has 14 heavy (non-hydrogen) atoms. The Morgan fingerprint density at radius 1 is 1.29 bits per heavy atom. The predicted molar refractivity (Wildman–Crippen MR) is 58.5 cm³/mol. The van der Waals surface area contributed by atoms with E-state index < -0.39 is 0 Å². The molecule has 0 amide bonds. The van der Waals surface area contributed by atoms with Crippen molar-refractivity contribution in [1.29, 1.82) is 0 Å². The molecule has 0 saturated carbocycles. The Morgan fingerprint density at radius 3 is 3.00 bits per heavy atom. The molecule has 2 rings (SSSR count). The van der Waals surface area contributed by atoms with Crippen molar-refractivity contribution in [1.82, 2.24) is 10.2 Å². The Balaban J connectivity index is 1.79. The lowest BCUT2D eigenvalue weighted by molar-refractivity contribution is 0.977. The predicted octanol–water partition coefficient (Wildman–Crippen LogP) is 2.19. The highest BCUT2D eigenvalue weighted by molar-refractivity contribution is 7.09. The molecule has 2 aromatic rings. The second-order valence-corrected chi connectivity index (χ2v) is 3.90. The molecule has 0 atom stereocenters. The van der Waals surface area contributed by atoms with E-state index in [4.69, 9.17) is 0 Å². The minimum absolute atomic E-state index is 0.837. The third kappa shape index (κ3) is 2.53. The lowest BCUT2D eigenvalue weighted by atomic mass is 10.3. The molecule has 0 radical (unpaired) electrons. The summed E-state index contributed by atoms with van der Waals surface area (Å²) in [5.41, 5.74) is 0. The summed E-state index contributed by atoms with van der Waals surface area (Å²) >= 11 is 1.78. The van der Waals surface area contributed by atoms with Gasteiger partial charge in [-0.05, 0) is 30.0 Å². The van der Waals surface area contributed by atoms with Crippen molar-refractivity contribution in [3.05, 3.63) is 40.7 Å². The summed E-state index contributed by atoms with van der Waals surface area (Å²) in [4.78, 5) is 1.39. The maximum atomic E-state index is 3.94. The maximum absolute atomic E-state index is 3.94. The fourth-order valence-electron chi connectivity index (χ4n) is 1.16. The summed E-state index contributed by atoms with van der Waals surface area (Å²) < 4.78 is 0. The first-order valence-electron chi connectivity index (χ1n) is 4.49. The van der Waals surface area contributed by atoms with E-state index in [1.165, 1.54) is 4.88 Å². The number of hydrogen-bond acceptors (Lipinski definition) is 4. The van der Waals surface area contributed by atoms with Crippen LogP contribution in [0.2, 0.25) is 0 Å². The Kier molecular flexibility index (Phi) is 3.08. The van der Waals surface area contributed by atoms with E-state index in [9.17, 15) is 0 Å². The number of nitrogens with zero attached hydrogens (tertiary/aromatic N) is 2. The van der Waals surface area contributed by atoms with Gasteiger partial charge in [0.05, 0.1) is 0 Å². The first-order chi connectivity index (χ1) is 6.95. The van der Waals surface area contributed by atoms with Gasteiger partial charge in [0.2, 0.25) is 0 Å². The van der Waals surface area contributed by atoms with Crippen molar-refractivity contribution in [2.24, 2.45) is 0 Å². The number of aromatic nitrogens is 2. The maximum Gasteiger partial charge on any atom is 0.148 e. The number of rotatable bonds is 4. The number of hydrogen-bond donors (Lipinski definition) is 1. The van der Waals surface area contributed by atoms with Crippen LogP contribution in [0.3, 0.4) is 0 Å². The smallest absolute Gasteiger partial charge is 0.148 e. The minimum atomic E-state index is 0.837. The molecule has 0 unspecified atom stereocenters. The van der Waals surface area contributed by atoms with Gasteiger partial charge in [0.1, 0.15) is 5.82 Å². The first kappa shape index (κ1) is 9.15. The van der Waals surface area contributed by atoms with Gasteiger partial charge >= 0.3 is 0 Å². The zero-order valence-corrected chi connectivity index (χ0v) is 8.50. The molecular weight excluding hydrogens is 194 g/mol. The molecule has 2 aromatic heterocycles. The second kappa shape index (κ2) is 4.72. The van der Waals surface area contributed by atoms with Crippen molar-refractivity contribution in [2.75, 3.05) is 11.9 Å². The molecule has 2 heterocycles. The van der Waals surface area contributed by atoms with E-state index in [1.807, 2.05) is 12.1 Å². The van der Waals surface area contributed by atoms with Crippen molar-refractivity contribution in [3.63, 3.8) is 0 Å². The Bertz CT molecular complexity index is 358. The number of nitrogens with one attached hydrogen (secondary N) is 1. The van der Waals surface area contributed by atoms with Crippen LogP contribution in [0, 0.1) is 0 Å². The average molecular weight is 205 g/mol. The van der Waals surface area contributed by atoms with Crippen molar-refractivity contribution >= 4 is 17.2 Å². The molecule has 3 nitrogen and oxygen atoms in total. The van der Waals surface area contributed by atoms with Crippen LogP contribution < -0.4 is 5.32 Å². The van der Waals surface area contributed by atoms with E-state index in [2.05, 4.69) is 33.0 Å². The Labute approximate surface area is 86.8 Å². The summed E-state index contributed by atoms with van der Waals surface area (Å²) in [6.07, 6.45) is 2.71. The molecule has 0 fully saturated rings. The molecule has 72 valence electrons. The molecule has 0 bridgehead atoms. The van der Waals surface area contributed by atoms with Crippen LogP contribution in [0.15, 0.2) is 35.8 Å². The van der Waals surface area contributed by atoms with Crippen LogP contribution in [0.25, 0.3) is 0 Å². The summed E-state index contributed by atoms with van der Waals surface area (Å²) in [6.45, 7) is 0.902.